The van der Waals surface area contributed by atoms with Crippen LogP contribution in [0.2, 0.25) is 0 Å². The molecule has 188 valence electrons. The van der Waals surface area contributed by atoms with E-state index < -0.39 is 23.7 Å². The monoisotopic (exact) mass is 474 g/mol. The van der Waals surface area contributed by atoms with Crippen LogP contribution in [0, 0.1) is 5.92 Å². The smallest absolute Gasteiger partial charge is 0.223 e. The molecule has 0 aliphatic carbocycles. The van der Waals surface area contributed by atoms with Crippen LogP contribution in [0.15, 0.2) is 48.5 Å². The molecule has 1 amide bonds. The second-order valence-corrected chi connectivity index (χ2v) is 9.34. The fourth-order valence-corrected chi connectivity index (χ4v) is 3.87. The van der Waals surface area contributed by atoms with Crippen LogP contribution >= 0.6 is 0 Å². The van der Waals surface area contributed by atoms with Crippen molar-refractivity contribution in [3.63, 3.8) is 0 Å². The second kappa shape index (κ2) is 13.3. The van der Waals surface area contributed by atoms with Crippen molar-refractivity contribution in [2.45, 2.75) is 63.8 Å². The molecule has 0 fully saturated rings. The Labute approximate surface area is 202 Å². The van der Waals surface area contributed by atoms with Gasteiger partial charge in [-0.3, -0.25) is 4.79 Å². The summed E-state index contributed by atoms with van der Waals surface area (Å²) in [5.41, 5.74) is 6.85. The molecule has 6 nitrogen and oxygen atoms in total. The van der Waals surface area contributed by atoms with Gasteiger partial charge in [0.2, 0.25) is 5.91 Å². The minimum atomic E-state index is -1.39. The molecule has 0 saturated carbocycles. The number of alkyl halides is 1. The fraction of sp³-hybridized carbons (Fsp3) is 0.519. The number of carbonyl (C=O) groups excluding carboxylic acids is 1. The van der Waals surface area contributed by atoms with E-state index in [1.807, 2.05) is 48.5 Å². The van der Waals surface area contributed by atoms with E-state index in [1.165, 1.54) is 13.8 Å². The number of hydrogen-bond donors (Lipinski definition) is 3. The third-order valence-corrected chi connectivity index (χ3v) is 5.95. The number of aliphatic hydroxyl groups is 1. The van der Waals surface area contributed by atoms with Crippen molar-refractivity contribution in [1.29, 1.82) is 0 Å². The zero-order valence-corrected chi connectivity index (χ0v) is 20.7. The lowest BCUT2D eigenvalue weighted by Gasteiger charge is -2.25. The minimum Gasteiger partial charge on any atom is -0.493 e. The van der Waals surface area contributed by atoms with Gasteiger partial charge in [0.25, 0.3) is 0 Å². The van der Waals surface area contributed by atoms with Crippen LogP contribution < -0.4 is 20.5 Å². The SMILES string of the molecule is COc1ccc(CCNC(=O)[C@H](CCC(C)(C)F)C[C@H](O)[C@@H](N)Cc2ccccc2)cc1OC. The molecule has 2 rings (SSSR count). The number of rotatable bonds is 14. The summed E-state index contributed by atoms with van der Waals surface area (Å²) in [5, 5.41) is 13.7. The van der Waals surface area contributed by atoms with Crippen molar-refractivity contribution in [1.82, 2.24) is 5.32 Å². The van der Waals surface area contributed by atoms with Crippen LogP contribution in [0.25, 0.3) is 0 Å². The lowest BCUT2D eigenvalue weighted by atomic mass is 9.88. The molecule has 7 heteroatoms. The highest BCUT2D eigenvalue weighted by atomic mass is 19.1. The van der Waals surface area contributed by atoms with E-state index >= 15 is 0 Å². The van der Waals surface area contributed by atoms with Crippen molar-refractivity contribution in [2.75, 3.05) is 20.8 Å². The Morgan fingerprint density at radius 3 is 2.38 bits per heavy atom. The lowest BCUT2D eigenvalue weighted by Crippen LogP contribution is -2.41. The molecular weight excluding hydrogens is 435 g/mol. The molecule has 0 aliphatic heterocycles. The number of methoxy groups -OCH3 is 2. The number of amides is 1. The molecule has 0 aliphatic rings. The van der Waals surface area contributed by atoms with Gasteiger partial charge >= 0.3 is 0 Å². The number of benzene rings is 2. The van der Waals surface area contributed by atoms with Gasteiger partial charge in [0.15, 0.2) is 11.5 Å². The van der Waals surface area contributed by atoms with Gasteiger partial charge in [-0.2, -0.15) is 0 Å². The number of aliphatic hydroxyl groups excluding tert-OH is 1. The highest BCUT2D eigenvalue weighted by Crippen LogP contribution is 2.28. The lowest BCUT2D eigenvalue weighted by molar-refractivity contribution is -0.126. The van der Waals surface area contributed by atoms with E-state index in [0.717, 1.165) is 11.1 Å². The predicted octanol–water partition coefficient (Wildman–Crippen LogP) is 3.83. The average molecular weight is 475 g/mol. The molecule has 2 aromatic rings. The maximum absolute atomic E-state index is 14.2. The van der Waals surface area contributed by atoms with E-state index in [-0.39, 0.29) is 18.7 Å². The molecule has 0 saturated heterocycles. The van der Waals surface area contributed by atoms with Crippen molar-refractivity contribution in [2.24, 2.45) is 11.7 Å². The first kappa shape index (κ1) is 27.6. The predicted molar refractivity (Wildman–Crippen MR) is 133 cm³/mol. The number of hydrogen-bond acceptors (Lipinski definition) is 5. The Balaban J connectivity index is 1.96. The summed E-state index contributed by atoms with van der Waals surface area (Å²) in [6, 6.07) is 14.8. The normalized spacial score (nSPS) is 14.2. The molecule has 0 radical (unpaired) electrons. The number of halogens is 1. The second-order valence-electron chi connectivity index (χ2n) is 9.34. The molecule has 2 aromatic carbocycles. The van der Waals surface area contributed by atoms with Gasteiger partial charge in [-0.15, -0.1) is 0 Å². The molecule has 0 heterocycles. The third-order valence-electron chi connectivity index (χ3n) is 5.95. The van der Waals surface area contributed by atoms with Gasteiger partial charge in [-0.1, -0.05) is 36.4 Å². The largest absolute Gasteiger partial charge is 0.493 e. The van der Waals surface area contributed by atoms with Gasteiger partial charge < -0.3 is 25.6 Å². The van der Waals surface area contributed by atoms with Gasteiger partial charge in [0.1, 0.15) is 5.67 Å². The van der Waals surface area contributed by atoms with Crippen LogP contribution in [-0.2, 0) is 17.6 Å². The Kier molecular flexibility index (Phi) is 10.8. The first-order valence-electron chi connectivity index (χ1n) is 11.8. The summed E-state index contributed by atoms with van der Waals surface area (Å²) >= 11 is 0. The van der Waals surface area contributed by atoms with Crippen LogP contribution in [0.5, 0.6) is 11.5 Å². The Bertz CT molecular complexity index is 886. The molecule has 0 spiro atoms. The number of nitrogens with two attached hydrogens (primary N) is 1. The van der Waals surface area contributed by atoms with E-state index in [1.54, 1.807) is 14.2 Å². The van der Waals surface area contributed by atoms with Crippen molar-refractivity contribution < 1.29 is 23.8 Å². The first-order valence-corrected chi connectivity index (χ1v) is 11.8. The van der Waals surface area contributed by atoms with E-state index in [0.29, 0.717) is 37.3 Å². The fourth-order valence-electron chi connectivity index (χ4n) is 3.87. The molecular formula is C27H39FN2O4. The first-order chi connectivity index (χ1) is 16.1. The van der Waals surface area contributed by atoms with Crippen LogP contribution in [0.1, 0.15) is 44.2 Å². The zero-order chi connectivity index (χ0) is 25.1. The Hall–Kier alpha value is -2.64. The maximum Gasteiger partial charge on any atom is 0.223 e. The van der Waals surface area contributed by atoms with Crippen molar-refractivity contribution in [3.8, 4) is 11.5 Å². The van der Waals surface area contributed by atoms with Crippen molar-refractivity contribution in [3.05, 3.63) is 59.7 Å². The van der Waals surface area contributed by atoms with Gasteiger partial charge in [-0.05, 0) is 69.2 Å². The molecule has 0 unspecified atom stereocenters. The van der Waals surface area contributed by atoms with E-state index in [2.05, 4.69) is 5.32 Å². The highest BCUT2D eigenvalue weighted by molar-refractivity contribution is 5.78. The van der Waals surface area contributed by atoms with E-state index in [9.17, 15) is 14.3 Å². The summed E-state index contributed by atoms with van der Waals surface area (Å²) in [7, 11) is 3.16. The standard InChI is InChI=1S/C27H39FN2O4/c1-27(2,28)14-12-21(18-23(31)22(29)16-19-8-6-5-7-9-19)26(32)30-15-13-20-10-11-24(33-3)25(17-20)34-4/h5-11,17,21-23,31H,12-16,18,29H2,1-4H3,(H,30,32)/t21-,22+,23+/m1/s1. The summed E-state index contributed by atoms with van der Waals surface area (Å²) in [5.74, 6) is 0.544. The maximum atomic E-state index is 14.2. The third kappa shape index (κ3) is 9.31. The number of carbonyl (C=O) groups is 1. The highest BCUT2D eigenvalue weighted by Gasteiger charge is 2.28. The molecule has 34 heavy (non-hydrogen) atoms. The molecule has 0 aromatic heterocycles. The van der Waals surface area contributed by atoms with Crippen molar-refractivity contribution >= 4 is 5.91 Å². The average Bonchev–Trinajstić information content (AvgIpc) is 2.81. The van der Waals surface area contributed by atoms with Crippen LogP contribution in [0.4, 0.5) is 4.39 Å². The van der Waals surface area contributed by atoms with Gasteiger partial charge in [0.05, 0.1) is 20.3 Å². The summed E-state index contributed by atoms with van der Waals surface area (Å²) in [6.07, 6.45) is 0.979. The van der Waals surface area contributed by atoms with Gasteiger partial charge in [0, 0.05) is 18.5 Å². The summed E-state index contributed by atoms with van der Waals surface area (Å²) in [4.78, 5) is 13.0. The summed E-state index contributed by atoms with van der Waals surface area (Å²) < 4.78 is 24.7. The van der Waals surface area contributed by atoms with E-state index in [4.69, 9.17) is 15.2 Å². The minimum absolute atomic E-state index is 0.187. The quantitative estimate of drug-likeness (QED) is 0.387. The molecule has 0 bridgehead atoms. The number of nitrogens with one attached hydrogen (secondary N) is 1. The Morgan fingerprint density at radius 2 is 1.76 bits per heavy atom. The zero-order valence-electron chi connectivity index (χ0n) is 20.7. The summed E-state index contributed by atoms with van der Waals surface area (Å²) in [6.45, 7) is 3.41. The Morgan fingerprint density at radius 1 is 1.09 bits per heavy atom. The number of ether oxygens (including phenoxy) is 2. The molecule has 3 atom stereocenters. The van der Waals surface area contributed by atoms with Crippen LogP contribution in [-0.4, -0.2) is 49.6 Å². The topological polar surface area (TPSA) is 93.8 Å². The van der Waals surface area contributed by atoms with Gasteiger partial charge in [-0.25, -0.2) is 4.39 Å². The van der Waals surface area contributed by atoms with Crippen LogP contribution in [0.3, 0.4) is 0 Å². The molecule has 4 N–H and O–H groups in total.